The third kappa shape index (κ3) is 3.73. The number of benzene rings is 1. The molecule has 0 spiro atoms. The van der Waals surface area contributed by atoms with Crippen LogP contribution in [0.5, 0.6) is 0 Å². The predicted molar refractivity (Wildman–Crippen MR) is 88.4 cm³/mol. The Morgan fingerprint density at radius 1 is 1.04 bits per heavy atom. The van der Waals surface area contributed by atoms with Crippen LogP contribution in [0.3, 0.4) is 0 Å². The summed E-state index contributed by atoms with van der Waals surface area (Å²) < 4.78 is 5.00. The summed E-state index contributed by atoms with van der Waals surface area (Å²) in [6, 6.07) is 9.71. The predicted octanol–water partition coefficient (Wildman–Crippen LogP) is 2.72. The number of rotatable bonds is 5. The summed E-state index contributed by atoms with van der Waals surface area (Å²) in [4.78, 5) is 6.38. The molecule has 3 rings (SSSR count). The number of nitrogens with one attached hydrogen (secondary N) is 2. The Balaban J connectivity index is 1.72. The molecule has 0 saturated heterocycles. The van der Waals surface area contributed by atoms with Crippen LogP contribution >= 0.6 is 0 Å². The maximum Gasteiger partial charge on any atom is 0.249 e. The molecule has 2 aromatic heterocycles. The summed E-state index contributed by atoms with van der Waals surface area (Å²) in [6.07, 6.45) is 1.52. The van der Waals surface area contributed by atoms with Crippen LogP contribution in [0.2, 0.25) is 0 Å². The second kappa shape index (κ2) is 6.30. The minimum Gasteiger partial charge on any atom is -0.378 e. The number of hydrogen-bond donors (Lipinski definition) is 2. The monoisotopic (exact) mass is 311 g/mol. The molecule has 0 amide bonds. The molecular formula is C15H17N7O. The van der Waals surface area contributed by atoms with Gasteiger partial charge < -0.3 is 20.1 Å². The van der Waals surface area contributed by atoms with E-state index in [4.69, 9.17) is 4.52 Å². The Labute approximate surface area is 133 Å². The van der Waals surface area contributed by atoms with Crippen molar-refractivity contribution in [3.05, 3.63) is 42.3 Å². The second-order valence-corrected chi connectivity index (χ2v) is 5.18. The molecule has 8 nitrogen and oxygen atoms in total. The third-order valence-electron chi connectivity index (χ3n) is 3.08. The van der Waals surface area contributed by atoms with E-state index >= 15 is 0 Å². The van der Waals surface area contributed by atoms with Crippen LogP contribution in [-0.2, 0) is 0 Å². The van der Waals surface area contributed by atoms with Crippen molar-refractivity contribution in [2.24, 2.45) is 0 Å². The first-order valence-corrected chi connectivity index (χ1v) is 7.04. The highest BCUT2D eigenvalue weighted by atomic mass is 16.5. The van der Waals surface area contributed by atoms with Crippen LogP contribution in [-0.4, -0.2) is 34.4 Å². The molecule has 23 heavy (non-hydrogen) atoms. The topological polar surface area (TPSA) is 92.0 Å². The van der Waals surface area contributed by atoms with Crippen LogP contribution < -0.4 is 15.5 Å². The zero-order valence-corrected chi connectivity index (χ0v) is 13.1. The molecule has 8 heteroatoms. The Hall–Kier alpha value is -3.16. The molecule has 0 unspecified atom stereocenters. The smallest absolute Gasteiger partial charge is 0.249 e. The first-order valence-electron chi connectivity index (χ1n) is 7.04. The molecule has 2 N–H and O–H groups in total. The van der Waals surface area contributed by atoms with E-state index in [0.717, 1.165) is 11.4 Å². The van der Waals surface area contributed by atoms with Gasteiger partial charge in [0.15, 0.2) is 11.6 Å². The largest absolute Gasteiger partial charge is 0.378 e. The van der Waals surface area contributed by atoms with Crippen LogP contribution in [0.15, 0.2) is 41.1 Å². The van der Waals surface area contributed by atoms with E-state index < -0.39 is 0 Å². The minimum absolute atomic E-state index is 0.396. The van der Waals surface area contributed by atoms with Crippen molar-refractivity contribution in [1.29, 1.82) is 0 Å². The second-order valence-electron chi connectivity index (χ2n) is 5.18. The van der Waals surface area contributed by atoms with Crippen LogP contribution in [0, 0.1) is 6.92 Å². The fourth-order valence-corrected chi connectivity index (χ4v) is 1.95. The van der Waals surface area contributed by atoms with Crippen molar-refractivity contribution >= 4 is 29.0 Å². The molecule has 2 heterocycles. The molecule has 0 saturated carbocycles. The summed E-state index contributed by atoms with van der Waals surface area (Å²) in [5.74, 6) is 2.21. The van der Waals surface area contributed by atoms with Gasteiger partial charge >= 0.3 is 0 Å². The maximum atomic E-state index is 5.00. The number of anilines is 5. The molecule has 3 aromatic rings. The van der Waals surface area contributed by atoms with Crippen LogP contribution in [0.1, 0.15) is 5.76 Å². The lowest BCUT2D eigenvalue weighted by Crippen LogP contribution is -2.08. The number of hydrogen-bond acceptors (Lipinski definition) is 8. The number of aromatic nitrogens is 4. The van der Waals surface area contributed by atoms with Gasteiger partial charge in [0.25, 0.3) is 0 Å². The average Bonchev–Trinajstić information content (AvgIpc) is 2.93. The Kier molecular flexibility index (Phi) is 4.05. The molecule has 0 fully saturated rings. The fourth-order valence-electron chi connectivity index (χ4n) is 1.95. The van der Waals surface area contributed by atoms with Crippen molar-refractivity contribution in [3.8, 4) is 0 Å². The third-order valence-corrected chi connectivity index (χ3v) is 3.08. The Morgan fingerprint density at radius 2 is 1.83 bits per heavy atom. The Bertz CT molecular complexity index is 783. The summed E-state index contributed by atoms with van der Waals surface area (Å²) in [5, 5.41) is 17.9. The highest BCUT2D eigenvalue weighted by Gasteiger charge is 2.05. The molecule has 0 aliphatic carbocycles. The van der Waals surface area contributed by atoms with Crippen molar-refractivity contribution in [2.75, 3.05) is 29.6 Å². The van der Waals surface area contributed by atoms with Gasteiger partial charge in [0.1, 0.15) is 5.76 Å². The lowest BCUT2D eigenvalue weighted by Gasteiger charge is -2.13. The molecular weight excluding hydrogens is 294 g/mol. The molecule has 118 valence electrons. The SMILES string of the molecule is Cc1cc(Nc2cnnc(Nc3ccc(N(C)C)cc3)n2)no1. The Morgan fingerprint density at radius 3 is 2.48 bits per heavy atom. The van der Waals surface area contributed by atoms with Gasteiger partial charge in [0.2, 0.25) is 5.95 Å². The van der Waals surface area contributed by atoms with Gasteiger partial charge in [0.05, 0.1) is 6.20 Å². The van der Waals surface area contributed by atoms with Crippen molar-refractivity contribution in [3.63, 3.8) is 0 Å². The highest BCUT2D eigenvalue weighted by molar-refractivity contribution is 5.60. The van der Waals surface area contributed by atoms with E-state index in [9.17, 15) is 0 Å². The number of nitrogens with zero attached hydrogens (tertiary/aromatic N) is 5. The van der Waals surface area contributed by atoms with Gasteiger partial charge in [-0.3, -0.25) is 0 Å². The minimum atomic E-state index is 0.396. The van der Waals surface area contributed by atoms with Gasteiger partial charge in [-0.1, -0.05) is 5.16 Å². The van der Waals surface area contributed by atoms with E-state index in [1.807, 2.05) is 50.2 Å². The van der Waals surface area contributed by atoms with E-state index in [1.165, 1.54) is 6.20 Å². The lowest BCUT2D eigenvalue weighted by molar-refractivity contribution is 0.400. The van der Waals surface area contributed by atoms with Gasteiger partial charge in [0, 0.05) is 31.5 Å². The van der Waals surface area contributed by atoms with Crippen molar-refractivity contribution < 1.29 is 4.52 Å². The van der Waals surface area contributed by atoms with Crippen LogP contribution in [0.25, 0.3) is 0 Å². The molecule has 0 aliphatic heterocycles. The van der Waals surface area contributed by atoms with E-state index in [-0.39, 0.29) is 0 Å². The van der Waals surface area contributed by atoms with Gasteiger partial charge in [-0.25, -0.2) is 0 Å². The average molecular weight is 311 g/mol. The zero-order chi connectivity index (χ0) is 16.2. The van der Waals surface area contributed by atoms with Crippen LogP contribution in [0.4, 0.5) is 29.0 Å². The lowest BCUT2D eigenvalue weighted by atomic mass is 10.2. The molecule has 0 bridgehead atoms. The zero-order valence-electron chi connectivity index (χ0n) is 13.1. The first kappa shape index (κ1) is 14.8. The fraction of sp³-hybridized carbons (Fsp3) is 0.200. The van der Waals surface area contributed by atoms with E-state index in [1.54, 1.807) is 6.07 Å². The van der Waals surface area contributed by atoms with E-state index in [0.29, 0.717) is 23.3 Å². The summed E-state index contributed by atoms with van der Waals surface area (Å²) in [6.45, 7) is 1.82. The molecule has 1 aromatic carbocycles. The standard InChI is InChI=1S/C15H17N7O/c1-10-8-13(21-23-10)18-14-9-16-20-15(19-14)17-11-4-6-12(7-5-11)22(2)3/h4-9H,1-3H3,(H2,17,18,19,20,21). The van der Waals surface area contributed by atoms with Crippen molar-refractivity contribution in [2.45, 2.75) is 6.92 Å². The van der Waals surface area contributed by atoms with Crippen molar-refractivity contribution in [1.82, 2.24) is 20.3 Å². The van der Waals surface area contributed by atoms with E-state index in [2.05, 4.69) is 31.0 Å². The first-order chi connectivity index (χ1) is 11.1. The molecule has 0 aliphatic rings. The summed E-state index contributed by atoms with van der Waals surface area (Å²) in [7, 11) is 3.99. The van der Waals surface area contributed by atoms with Gasteiger partial charge in [-0.15, -0.1) is 5.10 Å². The normalized spacial score (nSPS) is 10.4. The summed E-state index contributed by atoms with van der Waals surface area (Å²) in [5.41, 5.74) is 2.00. The highest BCUT2D eigenvalue weighted by Crippen LogP contribution is 2.19. The number of aryl methyl sites for hydroxylation is 1. The van der Waals surface area contributed by atoms with Gasteiger partial charge in [-0.2, -0.15) is 10.1 Å². The summed E-state index contributed by atoms with van der Waals surface area (Å²) >= 11 is 0. The molecule has 0 radical (unpaired) electrons. The quantitative estimate of drug-likeness (QED) is 0.743. The maximum absolute atomic E-state index is 5.00. The molecule has 0 atom stereocenters. The van der Waals surface area contributed by atoms with Gasteiger partial charge in [-0.05, 0) is 31.2 Å².